The van der Waals surface area contributed by atoms with Crippen LogP contribution < -0.4 is 10.6 Å². The Labute approximate surface area is 189 Å². The largest absolute Gasteiger partial charge is 0.357 e. The Morgan fingerprint density at radius 2 is 1.71 bits per heavy atom. The van der Waals surface area contributed by atoms with Crippen LogP contribution in [0.5, 0.6) is 0 Å². The van der Waals surface area contributed by atoms with Crippen molar-refractivity contribution in [3.63, 3.8) is 0 Å². The number of halogens is 1. The Hall–Kier alpha value is -0.570. The van der Waals surface area contributed by atoms with Gasteiger partial charge in [0.2, 0.25) is 5.91 Å². The van der Waals surface area contributed by atoms with Crippen molar-refractivity contribution in [2.24, 2.45) is 4.99 Å². The second-order valence-electron chi connectivity index (χ2n) is 8.53. The van der Waals surface area contributed by atoms with E-state index in [9.17, 15) is 4.79 Å². The summed E-state index contributed by atoms with van der Waals surface area (Å²) in [7, 11) is 0. The van der Waals surface area contributed by atoms with E-state index >= 15 is 0 Å². The van der Waals surface area contributed by atoms with Crippen LogP contribution in [0.1, 0.15) is 72.1 Å². The van der Waals surface area contributed by atoms with Crippen LogP contribution in [0.4, 0.5) is 0 Å². The van der Waals surface area contributed by atoms with Crippen molar-refractivity contribution < 1.29 is 4.79 Å². The summed E-state index contributed by atoms with van der Waals surface area (Å²) in [4.78, 5) is 21.5. The molecule has 2 heterocycles. The number of amides is 1. The maximum Gasteiger partial charge on any atom is 0.222 e. The van der Waals surface area contributed by atoms with Gasteiger partial charge in [-0.2, -0.15) is 0 Å². The third kappa shape index (κ3) is 8.84. The van der Waals surface area contributed by atoms with Gasteiger partial charge in [0.15, 0.2) is 5.96 Å². The molecule has 164 valence electrons. The van der Waals surface area contributed by atoms with Crippen LogP contribution in [0.2, 0.25) is 0 Å². The highest BCUT2D eigenvalue weighted by Crippen LogP contribution is 2.20. The summed E-state index contributed by atoms with van der Waals surface area (Å²) < 4.78 is 0. The van der Waals surface area contributed by atoms with E-state index in [0.717, 1.165) is 64.4 Å². The van der Waals surface area contributed by atoms with E-state index in [4.69, 9.17) is 4.99 Å². The molecular weight excluding hydrogens is 465 g/mol. The fraction of sp³-hybridized carbons (Fsp3) is 0.905. The zero-order chi connectivity index (χ0) is 19.5. The molecule has 6 nitrogen and oxygen atoms in total. The second kappa shape index (κ2) is 13.6. The lowest BCUT2D eigenvalue weighted by Gasteiger charge is -2.40. The Kier molecular flexibility index (Phi) is 12.4. The van der Waals surface area contributed by atoms with Gasteiger partial charge in [0.1, 0.15) is 0 Å². The predicted molar refractivity (Wildman–Crippen MR) is 129 cm³/mol. The van der Waals surface area contributed by atoms with Crippen molar-refractivity contribution in [1.29, 1.82) is 0 Å². The maximum absolute atomic E-state index is 12.1. The zero-order valence-electron chi connectivity index (χ0n) is 18.3. The van der Waals surface area contributed by atoms with Gasteiger partial charge in [-0.05, 0) is 66.0 Å². The van der Waals surface area contributed by atoms with E-state index in [2.05, 4.69) is 36.3 Å². The molecular formula is C21H42IN5O. The molecule has 0 aliphatic carbocycles. The van der Waals surface area contributed by atoms with Crippen LogP contribution in [0.25, 0.3) is 0 Å². The summed E-state index contributed by atoms with van der Waals surface area (Å²) in [5.41, 5.74) is 0.0985. The standard InChI is InChI=1S/C21H41N5O.HI/c1-4-22-20(24-18-21(2,3)26-16-9-6-10-17-26)23-13-11-15-25-14-8-5-7-12-19(25)27;/h4-18H2,1-3H3,(H2,22,23,24);1H. The highest BCUT2D eigenvalue weighted by atomic mass is 127. The molecule has 0 aromatic rings. The molecule has 2 aliphatic rings. The average molecular weight is 508 g/mol. The molecule has 28 heavy (non-hydrogen) atoms. The minimum absolute atomic E-state index is 0. The highest BCUT2D eigenvalue weighted by molar-refractivity contribution is 14.0. The fourth-order valence-corrected chi connectivity index (χ4v) is 3.97. The van der Waals surface area contributed by atoms with Crippen molar-refractivity contribution in [2.45, 2.75) is 77.7 Å². The molecule has 0 aromatic carbocycles. The second-order valence-corrected chi connectivity index (χ2v) is 8.53. The molecule has 0 atom stereocenters. The summed E-state index contributed by atoms with van der Waals surface area (Å²) in [6.07, 6.45) is 9.05. The number of carbonyl (C=O) groups is 1. The number of nitrogens with zero attached hydrogens (tertiary/aromatic N) is 3. The van der Waals surface area contributed by atoms with Crippen LogP contribution >= 0.6 is 24.0 Å². The van der Waals surface area contributed by atoms with E-state index in [1.807, 2.05) is 4.90 Å². The Balaban J connectivity index is 0.00000392. The molecule has 2 fully saturated rings. The van der Waals surface area contributed by atoms with E-state index in [1.165, 1.54) is 38.8 Å². The predicted octanol–water partition coefficient (Wildman–Crippen LogP) is 3.22. The molecule has 0 radical (unpaired) electrons. The van der Waals surface area contributed by atoms with Gasteiger partial charge >= 0.3 is 0 Å². The lowest BCUT2D eigenvalue weighted by atomic mass is 9.99. The van der Waals surface area contributed by atoms with Gasteiger partial charge in [0.05, 0.1) is 6.54 Å². The summed E-state index contributed by atoms with van der Waals surface area (Å²) in [5.74, 6) is 1.22. The lowest BCUT2D eigenvalue weighted by molar-refractivity contribution is -0.130. The number of hydrogen-bond acceptors (Lipinski definition) is 3. The number of guanidine groups is 1. The molecule has 0 unspecified atom stereocenters. The minimum Gasteiger partial charge on any atom is -0.357 e. The Morgan fingerprint density at radius 3 is 2.43 bits per heavy atom. The summed E-state index contributed by atoms with van der Waals surface area (Å²) >= 11 is 0. The van der Waals surface area contributed by atoms with Gasteiger partial charge in [0.25, 0.3) is 0 Å². The normalized spacial score (nSPS) is 19.8. The molecule has 0 spiro atoms. The van der Waals surface area contributed by atoms with E-state index < -0.39 is 0 Å². The lowest BCUT2D eigenvalue weighted by Crippen LogP contribution is -2.49. The maximum atomic E-state index is 12.1. The number of piperidine rings is 1. The number of likely N-dealkylation sites (tertiary alicyclic amines) is 2. The van der Waals surface area contributed by atoms with Crippen molar-refractivity contribution in [2.75, 3.05) is 45.8 Å². The summed E-state index contributed by atoms with van der Waals surface area (Å²) in [6, 6.07) is 0. The topological polar surface area (TPSA) is 60.0 Å². The van der Waals surface area contributed by atoms with Gasteiger partial charge in [-0.15, -0.1) is 24.0 Å². The molecule has 0 saturated carbocycles. The minimum atomic E-state index is 0. The number of hydrogen-bond donors (Lipinski definition) is 2. The molecule has 0 bridgehead atoms. The number of nitrogens with one attached hydrogen (secondary N) is 2. The molecule has 2 aliphatic heterocycles. The van der Waals surface area contributed by atoms with Crippen molar-refractivity contribution in [3.05, 3.63) is 0 Å². The molecule has 1 amide bonds. The average Bonchev–Trinajstić information content (AvgIpc) is 2.88. The Morgan fingerprint density at radius 1 is 1.04 bits per heavy atom. The van der Waals surface area contributed by atoms with Crippen molar-refractivity contribution in [1.82, 2.24) is 20.4 Å². The zero-order valence-corrected chi connectivity index (χ0v) is 20.6. The van der Waals surface area contributed by atoms with Gasteiger partial charge in [-0.25, -0.2) is 0 Å². The molecule has 2 saturated heterocycles. The first-order valence-electron chi connectivity index (χ1n) is 11.1. The molecule has 2 N–H and O–H groups in total. The van der Waals surface area contributed by atoms with E-state index in [0.29, 0.717) is 5.91 Å². The van der Waals surface area contributed by atoms with Crippen molar-refractivity contribution in [3.8, 4) is 0 Å². The quantitative estimate of drug-likeness (QED) is 0.229. The van der Waals surface area contributed by atoms with Crippen LogP contribution in [-0.2, 0) is 4.79 Å². The van der Waals surface area contributed by atoms with E-state index in [-0.39, 0.29) is 29.5 Å². The number of carbonyl (C=O) groups excluding carboxylic acids is 1. The van der Waals surface area contributed by atoms with Gasteiger partial charge < -0.3 is 15.5 Å². The molecule has 7 heteroatoms. The Bertz CT molecular complexity index is 477. The first-order chi connectivity index (χ1) is 13.0. The number of aliphatic imine (C=N–C) groups is 1. The van der Waals surface area contributed by atoms with Gasteiger partial charge in [0, 0.05) is 38.1 Å². The van der Waals surface area contributed by atoms with Crippen LogP contribution in [-0.4, -0.2) is 73.0 Å². The first-order valence-corrected chi connectivity index (χ1v) is 11.1. The third-order valence-corrected chi connectivity index (χ3v) is 5.75. The molecule has 0 aromatic heterocycles. The van der Waals surface area contributed by atoms with Gasteiger partial charge in [-0.3, -0.25) is 14.7 Å². The first kappa shape index (κ1) is 25.5. The monoisotopic (exact) mass is 507 g/mol. The molecule has 2 rings (SSSR count). The number of rotatable bonds is 8. The van der Waals surface area contributed by atoms with Crippen molar-refractivity contribution >= 4 is 35.8 Å². The summed E-state index contributed by atoms with van der Waals surface area (Å²) in [5, 5.41) is 6.80. The smallest absolute Gasteiger partial charge is 0.222 e. The SMILES string of the molecule is CCNC(=NCC(C)(C)N1CCCCC1)NCCCN1CCCCCC1=O.I. The highest BCUT2D eigenvalue weighted by Gasteiger charge is 2.27. The van der Waals surface area contributed by atoms with E-state index in [1.54, 1.807) is 0 Å². The van der Waals surface area contributed by atoms with Crippen LogP contribution in [0.3, 0.4) is 0 Å². The fourth-order valence-electron chi connectivity index (χ4n) is 3.97. The van der Waals surface area contributed by atoms with Gasteiger partial charge in [-0.1, -0.05) is 12.8 Å². The third-order valence-electron chi connectivity index (χ3n) is 5.75. The van der Waals surface area contributed by atoms with Crippen LogP contribution in [0.15, 0.2) is 4.99 Å². The summed E-state index contributed by atoms with van der Waals surface area (Å²) in [6.45, 7) is 13.4. The van der Waals surface area contributed by atoms with Crippen LogP contribution in [0, 0.1) is 0 Å².